The van der Waals surface area contributed by atoms with E-state index in [9.17, 15) is 14.0 Å². The zero-order chi connectivity index (χ0) is 19.1. The second-order valence-corrected chi connectivity index (χ2v) is 7.15. The highest BCUT2D eigenvalue weighted by atomic mass is 19.1. The molecule has 8 nitrogen and oxygen atoms in total. The lowest BCUT2D eigenvalue weighted by Crippen LogP contribution is -2.50. The van der Waals surface area contributed by atoms with Crippen LogP contribution in [0, 0.1) is 5.82 Å². The van der Waals surface area contributed by atoms with E-state index in [1.165, 1.54) is 12.3 Å². The van der Waals surface area contributed by atoms with Crippen LogP contribution < -0.4 is 20.4 Å². The van der Waals surface area contributed by atoms with Crippen LogP contribution in [0.15, 0.2) is 23.1 Å². The average molecular weight is 393 g/mol. The van der Waals surface area contributed by atoms with E-state index in [1.807, 2.05) is 9.47 Å². The lowest BCUT2D eigenvalue weighted by atomic mass is 10.1. The summed E-state index contributed by atoms with van der Waals surface area (Å²) in [7, 11) is 0. The Labute approximate surface area is 160 Å². The van der Waals surface area contributed by atoms with Gasteiger partial charge in [-0.15, -0.1) is 0 Å². The number of piperazine rings is 1. The average Bonchev–Trinajstić information content (AvgIpc) is 3.48. The van der Waals surface area contributed by atoms with Crippen molar-refractivity contribution in [3.63, 3.8) is 0 Å². The van der Waals surface area contributed by atoms with E-state index in [4.69, 9.17) is 5.11 Å². The highest BCUT2D eigenvalue weighted by Gasteiger charge is 2.28. The monoisotopic (exact) mass is 393 g/mol. The number of ether oxygens (including phenoxy) is 1. The Bertz CT molecular complexity index is 957. The number of pyridine rings is 1. The Morgan fingerprint density at radius 2 is 2.14 bits per heavy atom. The van der Waals surface area contributed by atoms with Crippen LogP contribution in [-0.2, 0) is 0 Å². The van der Waals surface area contributed by atoms with Gasteiger partial charge in [0.25, 0.3) is 0 Å². The van der Waals surface area contributed by atoms with Crippen LogP contribution in [0.4, 0.5) is 14.9 Å². The predicted octanol–water partition coefficient (Wildman–Crippen LogP) is 1.90. The Kier molecular flexibility index (Phi) is 5.57. The van der Waals surface area contributed by atoms with Crippen molar-refractivity contribution >= 4 is 22.7 Å². The molecule has 1 atom stereocenters. The standard InChI is InChI=1S/C19H22FN3O4.H2O/c1-2-11-9-22(6-5-21-11)16-8-15-13(7-14(16)20)18(24)17(27-19(25)26)10-23(15)12-3-4-12;/h7-8,10-12,21H,2-6,9H2,1H3,(H,25,26);1H2. The molecule has 2 fully saturated rings. The van der Waals surface area contributed by atoms with Crippen molar-refractivity contribution in [3.8, 4) is 5.75 Å². The second-order valence-electron chi connectivity index (χ2n) is 7.15. The number of fused-ring (bicyclic) bond motifs is 1. The van der Waals surface area contributed by atoms with Crippen LogP contribution in [-0.4, -0.2) is 47.0 Å². The fourth-order valence-corrected chi connectivity index (χ4v) is 3.72. The third-order valence-electron chi connectivity index (χ3n) is 5.29. The number of carbonyl (C=O) groups is 1. The van der Waals surface area contributed by atoms with Crippen molar-refractivity contribution in [1.82, 2.24) is 9.88 Å². The molecule has 0 amide bonds. The minimum atomic E-state index is -1.56. The van der Waals surface area contributed by atoms with Gasteiger partial charge in [0.1, 0.15) is 5.82 Å². The summed E-state index contributed by atoms with van der Waals surface area (Å²) in [6.07, 6.45) is 2.70. The molecular weight excluding hydrogens is 369 g/mol. The molecule has 152 valence electrons. The van der Waals surface area contributed by atoms with Gasteiger partial charge in [0.2, 0.25) is 5.43 Å². The van der Waals surface area contributed by atoms with Gasteiger partial charge in [-0.2, -0.15) is 0 Å². The number of rotatable bonds is 4. The van der Waals surface area contributed by atoms with Gasteiger partial charge in [-0.3, -0.25) is 4.79 Å². The molecule has 1 saturated carbocycles. The quantitative estimate of drug-likeness (QED) is 0.767. The molecule has 4 N–H and O–H groups in total. The largest absolute Gasteiger partial charge is 0.511 e. The maximum Gasteiger partial charge on any atom is 0.511 e. The number of benzene rings is 1. The summed E-state index contributed by atoms with van der Waals surface area (Å²) >= 11 is 0. The minimum absolute atomic E-state index is 0. The molecule has 2 aliphatic rings. The molecule has 2 heterocycles. The van der Waals surface area contributed by atoms with Gasteiger partial charge in [0.15, 0.2) is 5.75 Å². The SMILES string of the molecule is CCC1CN(c2cc3c(cc2F)c(=O)c(OC(=O)O)cn3C2CC2)CCN1.O. The molecule has 0 radical (unpaired) electrons. The van der Waals surface area contributed by atoms with Gasteiger partial charge in [0, 0.05) is 31.7 Å². The van der Waals surface area contributed by atoms with E-state index in [0.29, 0.717) is 30.3 Å². The van der Waals surface area contributed by atoms with Crippen LogP contribution in [0.25, 0.3) is 10.9 Å². The number of hydrogen-bond acceptors (Lipinski definition) is 5. The second kappa shape index (κ2) is 7.76. The first kappa shape index (κ1) is 20.1. The molecule has 1 aliphatic heterocycles. The first-order valence-corrected chi connectivity index (χ1v) is 9.25. The molecule has 28 heavy (non-hydrogen) atoms. The Morgan fingerprint density at radius 1 is 1.39 bits per heavy atom. The first-order valence-electron chi connectivity index (χ1n) is 9.25. The summed E-state index contributed by atoms with van der Waals surface area (Å²) in [5.41, 5.74) is 0.480. The predicted molar refractivity (Wildman–Crippen MR) is 103 cm³/mol. The van der Waals surface area contributed by atoms with Crippen molar-refractivity contribution in [2.75, 3.05) is 24.5 Å². The van der Waals surface area contributed by atoms with Crippen LogP contribution in [0.5, 0.6) is 5.75 Å². The van der Waals surface area contributed by atoms with E-state index in [0.717, 1.165) is 25.8 Å². The number of carboxylic acid groups (broad SMARTS) is 1. The van der Waals surface area contributed by atoms with Gasteiger partial charge < -0.3 is 30.1 Å². The minimum Gasteiger partial charge on any atom is -0.449 e. The molecule has 1 aromatic carbocycles. The van der Waals surface area contributed by atoms with Gasteiger partial charge >= 0.3 is 6.16 Å². The maximum atomic E-state index is 14.9. The van der Waals surface area contributed by atoms with Crippen molar-refractivity contribution in [2.45, 2.75) is 38.3 Å². The molecule has 1 saturated heterocycles. The Morgan fingerprint density at radius 3 is 2.79 bits per heavy atom. The van der Waals surface area contributed by atoms with Crippen LogP contribution in [0.1, 0.15) is 32.2 Å². The topological polar surface area (TPSA) is 115 Å². The highest BCUT2D eigenvalue weighted by molar-refractivity contribution is 5.85. The fourth-order valence-electron chi connectivity index (χ4n) is 3.72. The van der Waals surface area contributed by atoms with E-state index < -0.39 is 17.4 Å². The molecule has 1 aromatic heterocycles. The Hall–Kier alpha value is -2.65. The number of aromatic nitrogens is 1. The normalized spacial score (nSPS) is 19.4. The van der Waals surface area contributed by atoms with Crippen LogP contribution in [0.2, 0.25) is 0 Å². The number of anilines is 1. The molecule has 9 heteroatoms. The van der Waals surface area contributed by atoms with Crippen molar-refractivity contribution in [2.24, 2.45) is 0 Å². The van der Waals surface area contributed by atoms with Gasteiger partial charge in [-0.25, -0.2) is 9.18 Å². The van der Waals surface area contributed by atoms with Crippen LogP contribution in [0.3, 0.4) is 0 Å². The van der Waals surface area contributed by atoms with Crippen LogP contribution >= 0.6 is 0 Å². The summed E-state index contributed by atoms with van der Waals surface area (Å²) in [6, 6.07) is 3.40. The van der Waals surface area contributed by atoms with Gasteiger partial charge in [-0.1, -0.05) is 6.92 Å². The maximum absolute atomic E-state index is 14.9. The van der Waals surface area contributed by atoms with Gasteiger partial charge in [0.05, 0.1) is 22.8 Å². The number of halogens is 1. The fraction of sp³-hybridized carbons (Fsp3) is 0.474. The van der Waals surface area contributed by atoms with Crippen molar-refractivity contribution in [1.29, 1.82) is 0 Å². The summed E-state index contributed by atoms with van der Waals surface area (Å²) in [5, 5.41) is 12.4. The summed E-state index contributed by atoms with van der Waals surface area (Å²) in [4.78, 5) is 25.5. The smallest absolute Gasteiger partial charge is 0.449 e. The number of nitrogens with one attached hydrogen (secondary N) is 1. The zero-order valence-electron chi connectivity index (χ0n) is 15.6. The van der Waals surface area contributed by atoms with E-state index in [1.54, 1.807) is 6.07 Å². The van der Waals surface area contributed by atoms with E-state index >= 15 is 0 Å². The molecule has 0 bridgehead atoms. The van der Waals surface area contributed by atoms with E-state index in [2.05, 4.69) is 17.0 Å². The highest BCUT2D eigenvalue weighted by Crippen LogP contribution is 2.39. The molecule has 1 aliphatic carbocycles. The lowest BCUT2D eigenvalue weighted by molar-refractivity contribution is 0.143. The van der Waals surface area contributed by atoms with Gasteiger partial charge in [-0.05, 0) is 31.4 Å². The molecule has 2 aromatic rings. The third-order valence-corrected chi connectivity index (χ3v) is 5.29. The van der Waals surface area contributed by atoms with Crippen molar-refractivity contribution < 1.29 is 24.5 Å². The first-order chi connectivity index (χ1) is 13.0. The Balaban J connectivity index is 0.00000225. The zero-order valence-corrected chi connectivity index (χ0v) is 15.6. The summed E-state index contributed by atoms with van der Waals surface area (Å²) in [6.45, 7) is 4.25. The molecular formula is C19H24FN3O5. The summed E-state index contributed by atoms with van der Waals surface area (Å²) in [5.74, 6) is -0.770. The summed E-state index contributed by atoms with van der Waals surface area (Å²) < 4.78 is 21.4. The molecule has 0 spiro atoms. The molecule has 4 rings (SSSR count). The number of hydrogen-bond donors (Lipinski definition) is 2. The third kappa shape index (κ3) is 3.67. The van der Waals surface area contributed by atoms with E-state index in [-0.39, 0.29) is 22.7 Å². The van der Waals surface area contributed by atoms with Crippen molar-refractivity contribution in [3.05, 3.63) is 34.4 Å². The lowest BCUT2D eigenvalue weighted by Gasteiger charge is -2.35. The molecule has 1 unspecified atom stereocenters. The number of nitrogens with zero attached hydrogens (tertiary/aromatic N) is 2.